The van der Waals surface area contributed by atoms with Gasteiger partial charge in [-0.3, -0.25) is 0 Å². The number of hydrogen-bond donors (Lipinski definition) is 0. The molecular formula is C17H31-. The monoisotopic (exact) mass is 235 g/mol. The van der Waals surface area contributed by atoms with Crippen LogP contribution in [-0.2, 0) is 0 Å². The van der Waals surface area contributed by atoms with E-state index in [4.69, 9.17) is 0 Å². The van der Waals surface area contributed by atoms with E-state index >= 15 is 0 Å². The van der Waals surface area contributed by atoms with E-state index in [0.29, 0.717) is 0 Å². The van der Waals surface area contributed by atoms with E-state index in [9.17, 15) is 0 Å². The van der Waals surface area contributed by atoms with E-state index in [-0.39, 0.29) is 0 Å². The first-order valence-corrected chi connectivity index (χ1v) is 7.86. The third-order valence-corrected chi connectivity index (χ3v) is 5.83. The van der Waals surface area contributed by atoms with Gasteiger partial charge in [-0.1, -0.05) is 40.5 Å². The van der Waals surface area contributed by atoms with Crippen molar-refractivity contribution in [3.05, 3.63) is 5.92 Å². The van der Waals surface area contributed by atoms with Crippen molar-refractivity contribution in [2.75, 3.05) is 0 Å². The van der Waals surface area contributed by atoms with E-state index in [1.807, 2.05) is 0 Å². The van der Waals surface area contributed by atoms with Crippen molar-refractivity contribution in [2.45, 2.75) is 66.7 Å². The summed E-state index contributed by atoms with van der Waals surface area (Å²) in [6, 6.07) is 0. The van der Waals surface area contributed by atoms with Gasteiger partial charge in [-0.15, -0.1) is 0 Å². The molecule has 0 bridgehead atoms. The molecule has 0 amide bonds. The van der Waals surface area contributed by atoms with Crippen molar-refractivity contribution in [1.82, 2.24) is 0 Å². The summed E-state index contributed by atoms with van der Waals surface area (Å²) in [6.07, 6.45) is 7.29. The maximum absolute atomic E-state index is 2.44. The number of rotatable bonds is 7. The molecule has 2 fully saturated rings. The van der Waals surface area contributed by atoms with Gasteiger partial charge in [0.05, 0.1) is 0 Å². The van der Waals surface area contributed by atoms with Crippen LogP contribution in [0.15, 0.2) is 0 Å². The van der Waals surface area contributed by atoms with Crippen LogP contribution in [-0.4, -0.2) is 0 Å². The second-order valence-electron chi connectivity index (χ2n) is 7.16. The van der Waals surface area contributed by atoms with Crippen molar-refractivity contribution in [2.24, 2.45) is 35.5 Å². The van der Waals surface area contributed by atoms with E-state index < -0.39 is 0 Å². The minimum atomic E-state index is 0.831. The molecule has 0 aromatic heterocycles. The van der Waals surface area contributed by atoms with Gasteiger partial charge in [0.1, 0.15) is 0 Å². The Bertz CT molecular complexity index is 242. The highest BCUT2D eigenvalue weighted by Crippen LogP contribution is 2.63. The van der Waals surface area contributed by atoms with Gasteiger partial charge < -0.3 is 5.92 Å². The van der Waals surface area contributed by atoms with Crippen molar-refractivity contribution in [3.8, 4) is 0 Å². The second-order valence-corrected chi connectivity index (χ2v) is 7.16. The van der Waals surface area contributed by atoms with Crippen LogP contribution in [0.25, 0.3) is 0 Å². The van der Waals surface area contributed by atoms with Crippen LogP contribution < -0.4 is 0 Å². The summed E-state index contributed by atoms with van der Waals surface area (Å²) in [7, 11) is 0. The number of hydrogen-bond acceptors (Lipinski definition) is 0. The largest absolute Gasteiger partial charge is 0.314 e. The topological polar surface area (TPSA) is 0 Å². The molecule has 0 heteroatoms. The van der Waals surface area contributed by atoms with Gasteiger partial charge in [-0.25, -0.2) is 0 Å². The normalized spacial score (nSPS) is 34.4. The summed E-state index contributed by atoms with van der Waals surface area (Å²) in [6.45, 7) is 12.0. The molecule has 100 valence electrons. The lowest BCUT2D eigenvalue weighted by Gasteiger charge is -2.40. The molecular weight excluding hydrogens is 204 g/mol. The summed E-state index contributed by atoms with van der Waals surface area (Å²) >= 11 is 0. The van der Waals surface area contributed by atoms with Crippen LogP contribution in [0, 0.1) is 41.4 Å². The van der Waals surface area contributed by atoms with Gasteiger partial charge in [-0.05, 0) is 42.4 Å². The Morgan fingerprint density at radius 3 is 2.29 bits per heavy atom. The molecule has 2 rings (SSSR count). The molecule has 2 saturated carbocycles. The maximum atomic E-state index is 2.44. The molecule has 17 heavy (non-hydrogen) atoms. The molecule has 0 aromatic carbocycles. The molecule has 5 atom stereocenters. The van der Waals surface area contributed by atoms with Crippen LogP contribution in [0.3, 0.4) is 0 Å². The molecule has 0 radical (unpaired) electrons. The summed E-state index contributed by atoms with van der Waals surface area (Å²) in [5.74, 6) is 7.91. The lowest BCUT2D eigenvalue weighted by atomic mass is 9.68. The van der Waals surface area contributed by atoms with Crippen LogP contribution in [0.2, 0.25) is 0 Å². The fourth-order valence-corrected chi connectivity index (χ4v) is 3.92. The lowest BCUT2D eigenvalue weighted by molar-refractivity contribution is 0.132. The zero-order valence-corrected chi connectivity index (χ0v) is 12.5. The van der Waals surface area contributed by atoms with Crippen molar-refractivity contribution < 1.29 is 0 Å². The number of fused-ring (bicyclic) bond motifs is 1. The van der Waals surface area contributed by atoms with Crippen molar-refractivity contribution >= 4 is 0 Å². The lowest BCUT2D eigenvalue weighted by Crippen LogP contribution is -2.29. The molecule has 0 N–H and O–H groups in total. The van der Waals surface area contributed by atoms with Crippen LogP contribution in [0.4, 0.5) is 0 Å². The standard InChI is InChI=1S/C17H31/c1-6-12(4)13(5)7-8-15(11(2)3)17-10-14-9-16(14)17/h11-12,14-17H,6-10H2,1-5H3/q-1. The second kappa shape index (κ2) is 5.33. The average Bonchev–Trinajstić information content (AvgIpc) is 2.92. The van der Waals surface area contributed by atoms with Gasteiger partial charge in [0.25, 0.3) is 0 Å². The first-order valence-electron chi connectivity index (χ1n) is 7.86. The molecule has 0 aromatic rings. The Kier molecular flexibility index (Phi) is 4.21. The highest BCUT2D eigenvalue weighted by Gasteiger charge is 2.55. The molecule has 2 aliphatic carbocycles. The zero-order chi connectivity index (χ0) is 12.6. The highest BCUT2D eigenvalue weighted by molar-refractivity contribution is 5.05. The SMILES string of the molecule is CCC(C)[C-](C)CCC(C(C)C)C1CC2CC21. The van der Waals surface area contributed by atoms with Crippen LogP contribution in [0.5, 0.6) is 0 Å². The Morgan fingerprint density at radius 1 is 1.18 bits per heavy atom. The highest BCUT2D eigenvalue weighted by atomic mass is 14.6. The third kappa shape index (κ3) is 2.88. The summed E-state index contributed by atoms with van der Waals surface area (Å²) in [5.41, 5.74) is 0. The fraction of sp³-hybridized carbons (Fsp3) is 0.941. The van der Waals surface area contributed by atoms with Crippen LogP contribution in [0.1, 0.15) is 66.7 Å². The summed E-state index contributed by atoms with van der Waals surface area (Å²) in [5, 5.41) is 0. The molecule has 0 nitrogen and oxygen atoms in total. The van der Waals surface area contributed by atoms with Crippen molar-refractivity contribution in [1.29, 1.82) is 0 Å². The first kappa shape index (κ1) is 13.4. The first-order chi connectivity index (χ1) is 8.04. The van der Waals surface area contributed by atoms with Crippen molar-refractivity contribution in [3.63, 3.8) is 0 Å². The Labute approximate surface area is 109 Å². The quantitative estimate of drug-likeness (QED) is 0.523. The van der Waals surface area contributed by atoms with E-state index in [2.05, 4.69) is 34.6 Å². The van der Waals surface area contributed by atoms with Gasteiger partial charge in [0, 0.05) is 0 Å². The molecule has 0 saturated heterocycles. The summed E-state index contributed by atoms with van der Waals surface area (Å²) < 4.78 is 0. The van der Waals surface area contributed by atoms with E-state index in [1.165, 1.54) is 25.2 Å². The fourth-order valence-electron chi connectivity index (χ4n) is 3.92. The van der Waals surface area contributed by atoms with Crippen LogP contribution >= 0.6 is 0 Å². The van der Waals surface area contributed by atoms with Gasteiger partial charge >= 0.3 is 0 Å². The Balaban J connectivity index is 1.77. The molecule has 5 unspecified atom stereocenters. The molecule has 0 heterocycles. The minimum absolute atomic E-state index is 0.831. The van der Waals surface area contributed by atoms with Gasteiger partial charge in [0.2, 0.25) is 0 Å². The van der Waals surface area contributed by atoms with Gasteiger partial charge in [-0.2, -0.15) is 19.3 Å². The van der Waals surface area contributed by atoms with E-state index in [0.717, 1.165) is 29.6 Å². The minimum Gasteiger partial charge on any atom is -0.314 e. The predicted molar refractivity (Wildman–Crippen MR) is 75.6 cm³/mol. The van der Waals surface area contributed by atoms with E-state index in [1.54, 1.807) is 18.8 Å². The average molecular weight is 235 g/mol. The molecule has 2 aliphatic rings. The van der Waals surface area contributed by atoms with Gasteiger partial charge in [0.15, 0.2) is 0 Å². The summed E-state index contributed by atoms with van der Waals surface area (Å²) in [4.78, 5) is 0. The Hall–Kier alpha value is 0. The predicted octanol–water partition coefficient (Wildman–Crippen LogP) is 5.34. The molecule has 0 spiro atoms. The third-order valence-electron chi connectivity index (χ3n) is 5.83. The Morgan fingerprint density at radius 2 is 1.88 bits per heavy atom. The smallest absolute Gasteiger partial charge is 0.0350 e. The maximum Gasteiger partial charge on any atom is -0.0350 e. The zero-order valence-electron chi connectivity index (χ0n) is 12.5. The molecule has 0 aliphatic heterocycles.